The van der Waals surface area contributed by atoms with Crippen molar-refractivity contribution >= 4 is 0 Å². The highest BCUT2D eigenvalue weighted by molar-refractivity contribution is 5.17. The second kappa shape index (κ2) is 3.99. The number of rotatable bonds is 3. The highest BCUT2D eigenvalue weighted by Crippen LogP contribution is 2.41. The third-order valence-corrected chi connectivity index (χ3v) is 3.55. The average molecular weight is 217 g/mol. The zero-order valence-corrected chi connectivity index (χ0v) is 8.82. The molecule has 15 heavy (non-hydrogen) atoms. The van der Waals surface area contributed by atoms with Crippen LogP contribution in [0.2, 0.25) is 0 Å². The van der Waals surface area contributed by atoms with E-state index in [1.165, 1.54) is 0 Å². The number of aliphatic hydroxyl groups excluding tert-OH is 4. The molecule has 0 spiro atoms. The van der Waals surface area contributed by atoms with Crippen molar-refractivity contribution < 1.29 is 20.4 Å². The standard InChI is InChI=1S/C10H19NO4/c1-2-3-4-11-5-6(11)8(13)10(15)9(14)7(5)12/h5-10,12-15H,2-4H2,1H3/t5-,6?,7+,8+,9-,10-,11?/m1/s1. The minimum Gasteiger partial charge on any atom is -0.389 e. The Hall–Kier alpha value is -0.200. The van der Waals surface area contributed by atoms with Crippen molar-refractivity contribution in [3.8, 4) is 0 Å². The first-order valence-electron chi connectivity index (χ1n) is 5.57. The molecule has 88 valence electrons. The zero-order valence-electron chi connectivity index (χ0n) is 8.82. The molecule has 0 bridgehead atoms. The Bertz CT molecular complexity index is 217. The third-order valence-electron chi connectivity index (χ3n) is 3.55. The van der Waals surface area contributed by atoms with Gasteiger partial charge in [0.15, 0.2) is 0 Å². The predicted molar refractivity (Wildman–Crippen MR) is 53.2 cm³/mol. The third kappa shape index (κ3) is 1.68. The van der Waals surface area contributed by atoms with Crippen molar-refractivity contribution in [1.29, 1.82) is 0 Å². The molecular formula is C10H19NO4. The van der Waals surface area contributed by atoms with E-state index in [0.717, 1.165) is 19.4 Å². The fraction of sp³-hybridized carbons (Fsp3) is 1.00. The van der Waals surface area contributed by atoms with Crippen LogP contribution in [0, 0.1) is 0 Å². The van der Waals surface area contributed by atoms with Crippen LogP contribution in [-0.2, 0) is 0 Å². The van der Waals surface area contributed by atoms with Gasteiger partial charge in [0.2, 0.25) is 0 Å². The second-order valence-corrected chi connectivity index (χ2v) is 4.53. The summed E-state index contributed by atoms with van der Waals surface area (Å²) >= 11 is 0. The van der Waals surface area contributed by atoms with E-state index in [1.54, 1.807) is 0 Å². The van der Waals surface area contributed by atoms with Gasteiger partial charge in [0, 0.05) is 0 Å². The van der Waals surface area contributed by atoms with Crippen molar-refractivity contribution in [3.63, 3.8) is 0 Å². The van der Waals surface area contributed by atoms with Crippen molar-refractivity contribution in [3.05, 3.63) is 0 Å². The number of hydrogen-bond acceptors (Lipinski definition) is 5. The molecule has 0 amide bonds. The first kappa shape index (κ1) is 11.3. The summed E-state index contributed by atoms with van der Waals surface area (Å²) in [6.45, 7) is 2.88. The van der Waals surface area contributed by atoms with Crippen LogP contribution in [0.1, 0.15) is 19.8 Å². The Kier molecular flexibility index (Phi) is 3.00. The minimum atomic E-state index is -1.23. The molecule has 2 fully saturated rings. The first-order chi connectivity index (χ1) is 7.09. The molecule has 2 unspecified atom stereocenters. The van der Waals surface area contributed by atoms with E-state index in [1.807, 2.05) is 4.90 Å². The molecule has 5 heteroatoms. The Balaban J connectivity index is 2.00. The SMILES string of the molecule is CCCCN1C2[C@@H]1[C@H](O)[C@@H](O)[C@H](O)[C@H]2O. The highest BCUT2D eigenvalue weighted by atomic mass is 16.4. The molecular weight excluding hydrogens is 198 g/mol. The lowest BCUT2D eigenvalue weighted by Gasteiger charge is -2.30. The van der Waals surface area contributed by atoms with Crippen LogP contribution in [-0.4, -0.2) is 68.4 Å². The monoisotopic (exact) mass is 217 g/mol. The van der Waals surface area contributed by atoms with Gasteiger partial charge < -0.3 is 20.4 Å². The number of nitrogens with zero attached hydrogens (tertiary/aromatic N) is 1. The van der Waals surface area contributed by atoms with Gasteiger partial charge in [-0.3, -0.25) is 4.90 Å². The minimum absolute atomic E-state index is 0.176. The van der Waals surface area contributed by atoms with E-state index in [-0.39, 0.29) is 12.1 Å². The zero-order chi connectivity index (χ0) is 11.2. The van der Waals surface area contributed by atoms with Crippen LogP contribution < -0.4 is 0 Å². The molecule has 0 aromatic rings. The molecule has 0 radical (unpaired) electrons. The largest absolute Gasteiger partial charge is 0.389 e. The van der Waals surface area contributed by atoms with Crippen LogP contribution in [0.25, 0.3) is 0 Å². The van der Waals surface area contributed by atoms with E-state index in [0.29, 0.717) is 0 Å². The summed E-state index contributed by atoms with van der Waals surface area (Å²) in [5.41, 5.74) is 0. The fourth-order valence-electron chi connectivity index (χ4n) is 2.56. The van der Waals surface area contributed by atoms with Gasteiger partial charge >= 0.3 is 0 Å². The number of hydrogen-bond donors (Lipinski definition) is 4. The number of likely N-dealkylation sites (tertiary alicyclic amines) is 1. The molecule has 1 heterocycles. The Labute approximate surface area is 88.9 Å². The van der Waals surface area contributed by atoms with Gasteiger partial charge in [0.1, 0.15) is 12.2 Å². The summed E-state index contributed by atoms with van der Waals surface area (Å²) in [5, 5.41) is 38.3. The fourth-order valence-corrected chi connectivity index (χ4v) is 2.56. The summed E-state index contributed by atoms with van der Waals surface area (Å²) in [5.74, 6) is 0. The molecule has 5 nitrogen and oxygen atoms in total. The predicted octanol–water partition coefficient (Wildman–Crippen LogP) is -1.70. The molecule has 4 N–H and O–H groups in total. The maximum absolute atomic E-state index is 9.68. The molecule has 0 aromatic heterocycles. The van der Waals surface area contributed by atoms with Crippen LogP contribution >= 0.6 is 0 Å². The van der Waals surface area contributed by atoms with Gasteiger partial charge in [0.05, 0.1) is 24.3 Å². The molecule has 2 rings (SSSR count). The van der Waals surface area contributed by atoms with Crippen LogP contribution in [0.3, 0.4) is 0 Å². The maximum Gasteiger partial charge on any atom is 0.110 e. The topological polar surface area (TPSA) is 83.9 Å². The van der Waals surface area contributed by atoms with E-state index in [4.69, 9.17) is 0 Å². The van der Waals surface area contributed by atoms with Gasteiger partial charge in [-0.05, 0) is 13.0 Å². The van der Waals surface area contributed by atoms with Gasteiger partial charge in [0.25, 0.3) is 0 Å². The smallest absolute Gasteiger partial charge is 0.110 e. The molecule has 1 saturated carbocycles. The Morgan fingerprint density at radius 2 is 1.33 bits per heavy atom. The molecule has 1 aliphatic carbocycles. The number of fused-ring (bicyclic) bond motifs is 1. The lowest BCUT2D eigenvalue weighted by molar-refractivity contribution is -0.121. The second-order valence-electron chi connectivity index (χ2n) is 4.53. The van der Waals surface area contributed by atoms with Crippen LogP contribution in [0.4, 0.5) is 0 Å². The Morgan fingerprint density at radius 3 is 1.73 bits per heavy atom. The summed E-state index contributed by atoms with van der Waals surface area (Å²) < 4.78 is 0. The lowest BCUT2D eigenvalue weighted by atomic mass is 9.90. The summed E-state index contributed by atoms with van der Waals surface area (Å²) in [6.07, 6.45) is -2.29. The van der Waals surface area contributed by atoms with E-state index < -0.39 is 24.4 Å². The van der Waals surface area contributed by atoms with Gasteiger partial charge in [-0.1, -0.05) is 13.3 Å². The summed E-state index contributed by atoms with van der Waals surface area (Å²) in [7, 11) is 0. The number of aliphatic hydroxyl groups is 4. The molecule has 7 atom stereocenters. The van der Waals surface area contributed by atoms with Gasteiger partial charge in [-0.15, -0.1) is 0 Å². The quantitative estimate of drug-likeness (QED) is 0.423. The normalized spacial score (nSPS) is 53.8. The van der Waals surface area contributed by atoms with Crippen molar-refractivity contribution in [2.45, 2.75) is 56.3 Å². The molecule has 0 aromatic carbocycles. The average Bonchev–Trinajstić information content (AvgIpc) is 2.95. The van der Waals surface area contributed by atoms with E-state index in [9.17, 15) is 20.4 Å². The number of unbranched alkanes of at least 4 members (excludes halogenated alkanes) is 1. The molecule has 1 saturated heterocycles. The first-order valence-corrected chi connectivity index (χ1v) is 5.57. The van der Waals surface area contributed by atoms with Gasteiger partial charge in [-0.2, -0.15) is 0 Å². The maximum atomic E-state index is 9.68. The van der Waals surface area contributed by atoms with Crippen LogP contribution in [0.5, 0.6) is 0 Å². The van der Waals surface area contributed by atoms with Gasteiger partial charge in [-0.25, -0.2) is 0 Å². The molecule has 1 aliphatic heterocycles. The summed E-state index contributed by atoms with van der Waals surface area (Å²) in [4.78, 5) is 1.96. The Morgan fingerprint density at radius 1 is 0.867 bits per heavy atom. The lowest BCUT2D eigenvalue weighted by Crippen LogP contribution is -2.53. The van der Waals surface area contributed by atoms with Crippen molar-refractivity contribution in [1.82, 2.24) is 4.90 Å². The molecule has 2 aliphatic rings. The summed E-state index contributed by atoms with van der Waals surface area (Å²) in [6, 6.07) is -0.352. The highest BCUT2D eigenvalue weighted by Gasteiger charge is 2.63. The van der Waals surface area contributed by atoms with Crippen molar-refractivity contribution in [2.75, 3.05) is 6.54 Å². The van der Waals surface area contributed by atoms with Crippen molar-refractivity contribution in [2.24, 2.45) is 0 Å². The van der Waals surface area contributed by atoms with E-state index >= 15 is 0 Å². The van der Waals surface area contributed by atoms with Crippen LogP contribution in [0.15, 0.2) is 0 Å². The van der Waals surface area contributed by atoms with E-state index in [2.05, 4.69) is 6.92 Å².